The van der Waals surface area contributed by atoms with Crippen molar-refractivity contribution in [1.29, 1.82) is 0 Å². The maximum atomic E-state index is 12.8. The molecule has 0 atom stereocenters. The van der Waals surface area contributed by atoms with Crippen LogP contribution in [0.5, 0.6) is 0 Å². The zero-order valence-electron chi connectivity index (χ0n) is 24.4. The molecule has 5 heterocycles. The van der Waals surface area contributed by atoms with E-state index in [0.717, 1.165) is 16.8 Å². The van der Waals surface area contributed by atoms with Crippen LogP contribution in [-0.4, -0.2) is 65.8 Å². The summed E-state index contributed by atoms with van der Waals surface area (Å²) in [6, 6.07) is 24.2. The van der Waals surface area contributed by atoms with Gasteiger partial charge in [-0.2, -0.15) is 16.8 Å². The van der Waals surface area contributed by atoms with Gasteiger partial charge in [-0.15, -0.1) is 0 Å². The van der Waals surface area contributed by atoms with E-state index in [9.17, 15) is 25.9 Å². The van der Waals surface area contributed by atoms with E-state index >= 15 is 0 Å². The monoisotopic (exact) mass is 733 g/mol. The molecule has 17 heteroatoms. The molecule has 9 rings (SSSR count). The molecule has 0 unspecified atom stereocenters. The molecule has 0 spiro atoms. The van der Waals surface area contributed by atoms with E-state index in [0.29, 0.717) is 45.2 Å². The molecule has 3 aromatic heterocycles. The van der Waals surface area contributed by atoms with Gasteiger partial charge in [-0.05, 0) is 12.1 Å². The van der Waals surface area contributed by atoms with Crippen LogP contribution in [0.25, 0.3) is 89.7 Å². The van der Waals surface area contributed by atoms with E-state index in [1.807, 2.05) is 48.5 Å². The van der Waals surface area contributed by atoms with Gasteiger partial charge < -0.3 is 9.97 Å². The normalized spacial score (nSPS) is 12.4. The van der Waals surface area contributed by atoms with Gasteiger partial charge >= 0.3 is 0 Å². The Morgan fingerprint density at radius 3 is 1.27 bits per heavy atom. The quantitative estimate of drug-likeness (QED) is 0.165. The molecule has 14 nitrogen and oxygen atoms in total. The molecular weight excluding hydrogens is 715 g/mol. The standard InChI is InChI=1S/C32H18N8O6S2.Co/c41-47(42,43)22-14-13-21-23(24(22)48(44,45)46)32-39-30-20-12-6-5-11-19(20)28(37-30)35-26-16-8-2-1-7-15(16)25(33-26)34-27-17-9-3-4-10-18(17)29(36-27)38-31(21)40-32;/h1-14H,(H,41,42,43)(H,44,45,46)(H2,33,34,35,36,37,38,39,40);. The molecule has 2 aliphatic heterocycles. The topological polar surface area (TPSA) is 218 Å². The van der Waals surface area contributed by atoms with Crippen LogP contribution >= 0.6 is 0 Å². The Morgan fingerprint density at radius 2 is 0.837 bits per heavy atom. The van der Waals surface area contributed by atoms with Crippen LogP contribution in [0, 0.1) is 0 Å². The third kappa shape index (κ3) is 4.82. The van der Waals surface area contributed by atoms with Crippen molar-refractivity contribution in [3.63, 3.8) is 0 Å². The molecule has 1 radical (unpaired) electrons. The molecule has 4 aromatic carbocycles. The Balaban J connectivity index is 0.00000348. The summed E-state index contributed by atoms with van der Waals surface area (Å²) in [4.78, 5) is 32.8. The molecule has 0 saturated heterocycles. The first-order valence-electron chi connectivity index (χ1n) is 14.3. The van der Waals surface area contributed by atoms with Crippen molar-refractivity contribution < 1.29 is 42.7 Å². The average molecular weight is 734 g/mol. The summed E-state index contributed by atoms with van der Waals surface area (Å²) in [7, 11) is -10.4. The smallest absolute Gasteiger partial charge is 0.296 e. The molecule has 0 amide bonds. The van der Waals surface area contributed by atoms with Crippen LogP contribution in [-0.2, 0) is 37.0 Å². The van der Waals surface area contributed by atoms with Gasteiger partial charge in [-0.1, -0.05) is 72.8 Å². The van der Waals surface area contributed by atoms with Gasteiger partial charge in [0.15, 0.2) is 23.3 Å². The number of aromatic amines is 2. The molecule has 0 saturated carbocycles. The van der Waals surface area contributed by atoms with Crippen molar-refractivity contribution in [2.75, 3.05) is 0 Å². The van der Waals surface area contributed by atoms with Crippen LogP contribution in [0.4, 0.5) is 0 Å². The molecule has 8 bridgehead atoms. The average Bonchev–Trinajstić information content (AvgIpc) is 3.79. The molecule has 4 N–H and O–H groups in total. The molecule has 2 aliphatic rings. The van der Waals surface area contributed by atoms with Crippen LogP contribution in [0.15, 0.2) is 94.7 Å². The second kappa shape index (κ2) is 10.8. The van der Waals surface area contributed by atoms with Crippen LogP contribution in [0.1, 0.15) is 0 Å². The first-order chi connectivity index (χ1) is 23.0. The van der Waals surface area contributed by atoms with Gasteiger partial charge in [0.05, 0.1) is 5.39 Å². The van der Waals surface area contributed by atoms with Crippen molar-refractivity contribution in [1.82, 2.24) is 39.9 Å². The van der Waals surface area contributed by atoms with Gasteiger partial charge in [-0.25, -0.2) is 29.9 Å². The van der Waals surface area contributed by atoms with Gasteiger partial charge in [0.25, 0.3) is 20.2 Å². The first-order valence-corrected chi connectivity index (χ1v) is 17.1. The third-order valence-electron chi connectivity index (χ3n) is 8.17. The molecule has 0 fully saturated rings. The number of hydrogen-bond acceptors (Lipinski definition) is 10. The summed E-state index contributed by atoms with van der Waals surface area (Å²) < 4.78 is 70.7. The van der Waals surface area contributed by atoms with E-state index in [4.69, 9.17) is 24.9 Å². The Bertz CT molecular complexity index is 2980. The third-order valence-corrected chi connectivity index (χ3v) is 10.1. The minimum atomic E-state index is -5.27. The molecular formula is C32H18CoN8O6S2. The summed E-state index contributed by atoms with van der Waals surface area (Å²) in [6.45, 7) is 0. The minimum Gasteiger partial charge on any atom is -0.324 e. The van der Waals surface area contributed by atoms with E-state index in [1.54, 1.807) is 24.3 Å². The largest absolute Gasteiger partial charge is 0.324 e. The van der Waals surface area contributed by atoms with Crippen LogP contribution in [0.3, 0.4) is 0 Å². The summed E-state index contributed by atoms with van der Waals surface area (Å²) in [5.74, 6) is 0.980. The van der Waals surface area contributed by atoms with Crippen LogP contribution < -0.4 is 0 Å². The van der Waals surface area contributed by atoms with Gasteiger partial charge in [0.1, 0.15) is 32.4 Å². The van der Waals surface area contributed by atoms with Gasteiger partial charge in [-0.3, -0.25) is 9.11 Å². The predicted octanol–water partition coefficient (Wildman–Crippen LogP) is 5.36. The summed E-state index contributed by atoms with van der Waals surface area (Å²) in [6.07, 6.45) is 0. The maximum absolute atomic E-state index is 12.8. The zero-order chi connectivity index (χ0) is 32.9. The van der Waals surface area contributed by atoms with Gasteiger partial charge in [0.2, 0.25) is 0 Å². The molecule has 7 aromatic rings. The van der Waals surface area contributed by atoms with E-state index < -0.39 is 30.0 Å². The number of aromatic nitrogens is 8. The number of H-pyrrole nitrogens is 2. The zero-order valence-corrected chi connectivity index (χ0v) is 27.1. The van der Waals surface area contributed by atoms with Crippen molar-refractivity contribution in [3.05, 3.63) is 84.9 Å². The Morgan fingerprint density at radius 1 is 0.449 bits per heavy atom. The van der Waals surface area contributed by atoms with Gasteiger partial charge in [0, 0.05) is 55.2 Å². The number of nitrogens with one attached hydrogen (secondary N) is 2. The Kier molecular flexibility index (Phi) is 6.80. The summed E-state index contributed by atoms with van der Waals surface area (Å²) >= 11 is 0. The van der Waals surface area contributed by atoms with Crippen molar-refractivity contribution in [2.45, 2.75) is 9.79 Å². The first kappa shape index (κ1) is 30.9. The Hall–Kier alpha value is -5.43. The second-order valence-electron chi connectivity index (χ2n) is 11.0. The fourth-order valence-electron chi connectivity index (χ4n) is 6.14. The van der Waals surface area contributed by atoms with E-state index in [1.165, 1.54) is 6.07 Å². The van der Waals surface area contributed by atoms with E-state index in [2.05, 4.69) is 15.0 Å². The number of nitrogens with zero attached hydrogens (tertiary/aromatic N) is 6. The molecule has 0 aliphatic carbocycles. The number of benzene rings is 4. The molecule has 243 valence electrons. The molecule has 49 heavy (non-hydrogen) atoms. The second-order valence-corrected chi connectivity index (χ2v) is 13.8. The van der Waals surface area contributed by atoms with Crippen molar-refractivity contribution in [2.24, 2.45) is 0 Å². The number of hydrogen-bond donors (Lipinski definition) is 4. The van der Waals surface area contributed by atoms with Crippen LogP contribution in [0.2, 0.25) is 0 Å². The fraction of sp³-hybridized carbons (Fsp3) is 0. The predicted molar refractivity (Wildman–Crippen MR) is 176 cm³/mol. The summed E-state index contributed by atoms with van der Waals surface area (Å²) in [5, 5.41) is 1.33. The number of fused-ring (bicyclic) bond motifs is 20. The minimum absolute atomic E-state index is 0. The maximum Gasteiger partial charge on any atom is 0.296 e. The number of rotatable bonds is 2. The van der Waals surface area contributed by atoms with E-state index in [-0.39, 0.29) is 50.5 Å². The summed E-state index contributed by atoms with van der Waals surface area (Å²) in [5.41, 5.74) is 3.32. The fourth-order valence-corrected chi connectivity index (χ4v) is 8.14. The van der Waals surface area contributed by atoms with Crippen molar-refractivity contribution >= 4 is 64.4 Å². The SMILES string of the molecule is O=S(=O)(O)c1ccc2c3nc4nc(nc5[nH]c(nc6nc(nc([nH]3)c2c1S(=O)(=O)O)-c1ccccc1-6)c1ccccc51)-c1ccccc1-4.[Co]. The van der Waals surface area contributed by atoms with Crippen molar-refractivity contribution in [3.8, 4) is 45.6 Å². The Labute approximate surface area is 286 Å².